The largest absolute Gasteiger partial charge is 0.481 e. The van der Waals surface area contributed by atoms with Crippen LogP contribution in [0.3, 0.4) is 0 Å². The summed E-state index contributed by atoms with van der Waals surface area (Å²) in [7, 11) is 0. The summed E-state index contributed by atoms with van der Waals surface area (Å²) < 4.78 is 0. The van der Waals surface area contributed by atoms with Gasteiger partial charge in [-0.2, -0.15) is 0 Å². The van der Waals surface area contributed by atoms with Crippen LogP contribution in [0.2, 0.25) is 0 Å². The molecule has 0 aromatic carbocycles. The van der Waals surface area contributed by atoms with Gasteiger partial charge in [-0.15, -0.1) is 0 Å². The second kappa shape index (κ2) is 6.44. The van der Waals surface area contributed by atoms with Gasteiger partial charge in [-0.3, -0.25) is 9.69 Å². The van der Waals surface area contributed by atoms with Crippen molar-refractivity contribution in [1.82, 2.24) is 9.80 Å². The van der Waals surface area contributed by atoms with Gasteiger partial charge in [-0.1, -0.05) is 0 Å². The van der Waals surface area contributed by atoms with Gasteiger partial charge in [0.15, 0.2) is 0 Å². The Morgan fingerprint density at radius 1 is 1.05 bits per heavy atom. The molecule has 2 unspecified atom stereocenters. The van der Waals surface area contributed by atoms with E-state index >= 15 is 0 Å². The average Bonchev–Trinajstić information content (AvgIpc) is 2.97. The number of carbonyl (C=O) groups is 1. The second-order valence-corrected chi connectivity index (χ2v) is 6.96. The van der Waals surface area contributed by atoms with Crippen molar-refractivity contribution in [3.63, 3.8) is 0 Å². The van der Waals surface area contributed by atoms with Crippen LogP contribution in [0.5, 0.6) is 0 Å². The van der Waals surface area contributed by atoms with Crippen LogP contribution < -0.4 is 0 Å². The summed E-state index contributed by atoms with van der Waals surface area (Å²) in [5, 5.41) is 8.97. The van der Waals surface area contributed by atoms with Crippen molar-refractivity contribution < 1.29 is 9.90 Å². The predicted octanol–water partition coefficient (Wildman–Crippen LogP) is 2.19. The molecule has 1 N–H and O–H groups in total. The van der Waals surface area contributed by atoms with Crippen molar-refractivity contribution in [2.24, 2.45) is 5.92 Å². The number of carboxylic acids is 1. The Morgan fingerprint density at radius 2 is 1.70 bits per heavy atom. The Labute approximate surface area is 122 Å². The molecular weight excluding hydrogens is 252 g/mol. The number of nitrogens with zero attached hydrogens (tertiary/aromatic N) is 2. The van der Waals surface area contributed by atoms with E-state index in [9.17, 15) is 4.79 Å². The Bertz CT molecular complexity index is 327. The van der Waals surface area contributed by atoms with E-state index in [0.29, 0.717) is 24.4 Å². The van der Waals surface area contributed by atoms with E-state index in [1.807, 2.05) is 0 Å². The van der Waals surface area contributed by atoms with Crippen molar-refractivity contribution in [3.8, 4) is 0 Å². The van der Waals surface area contributed by atoms with Gasteiger partial charge in [0.1, 0.15) is 0 Å². The topological polar surface area (TPSA) is 43.8 Å². The molecule has 0 aliphatic carbocycles. The summed E-state index contributed by atoms with van der Waals surface area (Å²) in [4.78, 5) is 16.2. The first kappa shape index (κ1) is 14.3. The molecule has 0 radical (unpaired) electrons. The van der Waals surface area contributed by atoms with Crippen molar-refractivity contribution in [1.29, 1.82) is 0 Å². The van der Waals surface area contributed by atoms with E-state index in [0.717, 1.165) is 12.8 Å². The van der Waals surface area contributed by atoms with Crippen LogP contribution >= 0.6 is 0 Å². The quantitative estimate of drug-likeness (QED) is 0.810. The Kier molecular flexibility index (Phi) is 4.61. The number of rotatable bonds is 6. The molecular formula is C16H28N2O2. The summed E-state index contributed by atoms with van der Waals surface area (Å²) in [5.74, 6) is -0.184. The van der Waals surface area contributed by atoms with Crippen LogP contribution in [0.4, 0.5) is 0 Å². The van der Waals surface area contributed by atoms with E-state index in [-0.39, 0.29) is 0 Å². The Hall–Kier alpha value is -0.610. The smallest absolute Gasteiger partial charge is 0.303 e. The summed E-state index contributed by atoms with van der Waals surface area (Å²) in [6.45, 7) is 5.08. The van der Waals surface area contributed by atoms with Gasteiger partial charge in [0.25, 0.3) is 0 Å². The minimum absolute atomic E-state index is 0.384. The lowest BCUT2D eigenvalue weighted by atomic mass is 9.88. The standard InChI is InChI=1S/C16H28N2O2/c19-16(20)12-13-10-14-4-5-15(11-13)18(14)9-3-8-17-6-1-2-7-17/h13-15H,1-12H2,(H,19,20). The van der Waals surface area contributed by atoms with Crippen molar-refractivity contribution in [2.45, 2.75) is 63.5 Å². The van der Waals surface area contributed by atoms with Gasteiger partial charge in [0.2, 0.25) is 0 Å². The molecule has 3 aliphatic rings. The predicted molar refractivity (Wildman–Crippen MR) is 78.8 cm³/mol. The molecule has 4 heteroatoms. The average molecular weight is 280 g/mol. The Morgan fingerprint density at radius 3 is 2.30 bits per heavy atom. The number of hydrogen-bond acceptors (Lipinski definition) is 3. The van der Waals surface area contributed by atoms with Crippen LogP contribution in [0.15, 0.2) is 0 Å². The fourth-order valence-corrected chi connectivity index (χ4v) is 4.65. The zero-order valence-corrected chi connectivity index (χ0v) is 12.5. The Balaban J connectivity index is 1.43. The molecule has 3 aliphatic heterocycles. The van der Waals surface area contributed by atoms with Crippen molar-refractivity contribution in [3.05, 3.63) is 0 Å². The van der Waals surface area contributed by atoms with Gasteiger partial charge < -0.3 is 10.0 Å². The maximum absolute atomic E-state index is 10.9. The third kappa shape index (κ3) is 3.34. The molecule has 114 valence electrons. The first-order valence-corrected chi connectivity index (χ1v) is 8.42. The van der Waals surface area contributed by atoms with Crippen LogP contribution in [0, 0.1) is 5.92 Å². The third-order valence-electron chi connectivity index (χ3n) is 5.53. The van der Waals surface area contributed by atoms with Crippen molar-refractivity contribution >= 4 is 5.97 Å². The number of piperidine rings is 1. The van der Waals surface area contributed by atoms with Crippen LogP contribution in [0.1, 0.15) is 51.4 Å². The fraction of sp³-hybridized carbons (Fsp3) is 0.938. The van der Waals surface area contributed by atoms with Gasteiger partial charge >= 0.3 is 5.97 Å². The maximum atomic E-state index is 10.9. The molecule has 3 fully saturated rings. The molecule has 20 heavy (non-hydrogen) atoms. The third-order valence-corrected chi connectivity index (χ3v) is 5.53. The highest BCUT2D eigenvalue weighted by atomic mass is 16.4. The molecule has 0 saturated carbocycles. The van der Waals surface area contributed by atoms with Crippen LogP contribution in [-0.4, -0.2) is 59.1 Å². The lowest BCUT2D eigenvalue weighted by Gasteiger charge is -2.38. The summed E-state index contributed by atoms with van der Waals surface area (Å²) in [6, 6.07) is 1.35. The minimum atomic E-state index is -0.614. The monoisotopic (exact) mass is 280 g/mol. The van der Waals surface area contributed by atoms with E-state index in [4.69, 9.17) is 5.11 Å². The van der Waals surface area contributed by atoms with Gasteiger partial charge in [-0.05, 0) is 77.0 Å². The second-order valence-electron chi connectivity index (χ2n) is 6.96. The number of hydrogen-bond donors (Lipinski definition) is 1. The zero-order chi connectivity index (χ0) is 13.9. The molecule has 2 bridgehead atoms. The SMILES string of the molecule is O=C(O)CC1CC2CCC(C1)N2CCCN1CCCC1. The van der Waals surface area contributed by atoms with E-state index in [1.165, 1.54) is 58.3 Å². The molecule has 0 aromatic rings. The molecule has 3 rings (SSSR count). The molecule has 4 nitrogen and oxygen atoms in total. The summed E-state index contributed by atoms with van der Waals surface area (Å²) in [6.07, 6.45) is 9.26. The molecule has 2 atom stereocenters. The number of fused-ring (bicyclic) bond motifs is 2. The highest BCUT2D eigenvalue weighted by Gasteiger charge is 2.40. The summed E-state index contributed by atoms with van der Waals surface area (Å²) >= 11 is 0. The lowest BCUT2D eigenvalue weighted by Crippen LogP contribution is -2.44. The van der Waals surface area contributed by atoms with Gasteiger partial charge in [0.05, 0.1) is 0 Å². The molecule has 3 saturated heterocycles. The summed E-state index contributed by atoms with van der Waals surface area (Å²) in [5.41, 5.74) is 0. The van der Waals surface area contributed by atoms with Gasteiger partial charge in [-0.25, -0.2) is 0 Å². The normalized spacial score (nSPS) is 34.7. The number of carboxylic acid groups (broad SMARTS) is 1. The number of aliphatic carboxylic acids is 1. The fourth-order valence-electron chi connectivity index (χ4n) is 4.65. The lowest BCUT2D eigenvalue weighted by molar-refractivity contribution is -0.138. The van der Waals surface area contributed by atoms with E-state index in [1.54, 1.807) is 0 Å². The van der Waals surface area contributed by atoms with Crippen molar-refractivity contribution in [2.75, 3.05) is 26.2 Å². The first-order valence-electron chi connectivity index (χ1n) is 8.42. The molecule has 0 spiro atoms. The molecule has 3 heterocycles. The first-order chi connectivity index (χ1) is 9.72. The van der Waals surface area contributed by atoms with Gasteiger partial charge in [0, 0.05) is 18.5 Å². The number of likely N-dealkylation sites (tertiary alicyclic amines) is 1. The maximum Gasteiger partial charge on any atom is 0.303 e. The highest BCUT2D eigenvalue weighted by molar-refractivity contribution is 5.67. The van der Waals surface area contributed by atoms with E-state index in [2.05, 4.69) is 9.80 Å². The zero-order valence-electron chi connectivity index (χ0n) is 12.5. The highest BCUT2D eigenvalue weighted by Crippen LogP contribution is 2.39. The molecule has 0 amide bonds. The minimum Gasteiger partial charge on any atom is -0.481 e. The van der Waals surface area contributed by atoms with Crippen LogP contribution in [-0.2, 0) is 4.79 Å². The molecule has 0 aromatic heterocycles. The van der Waals surface area contributed by atoms with E-state index < -0.39 is 5.97 Å². The van der Waals surface area contributed by atoms with Crippen LogP contribution in [0.25, 0.3) is 0 Å².